The Kier molecular flexibility index (Phi) is 9.58. The third kappa shape index (κ3) is 8.52. The molecule has 0 fully saturated rings. The molecule has 0 atom stereocenters. The number of hydrogen-bond acceptors (Lipinski definition) is 4. The molecule has 0 aliphatic carbocycles. The van der Waals surface area contributed by atoms with Crippen LogP contribution in [0.5, 0.6) is 0 Å². The molecule has 0 spiro atoms. The van der Waals surface area contributed by atoms with E-state index in [1.54, 1.807) is 18.4 Å². The minimum absolute atomic E-state index is 0. The van der Waals surface area contributed by atoms with Gasteiger partial charge in [-0.1, -0.05) is 6.92 Å². The first kappa shape index (κ1) is 21.1. The Morgan fingerprint density at radius 2 is 2.05 bits per heavy atom. The van der Waals surface area contributed by atoms with Crippen molar-refractivity contribution in [1.82, 2.24) is 20.9 Å². The monoisotopic (exact) mass is 439 g/mol. The number of amides is 1. The molecule has 0 unspecified atom stereocenters. The van der Waals surface area contributed by atoms with E-state index in [2.05, 4.69) is 32.9 Å². The fourth-order valence-corrected chi connectivity index (χ4v) is 2.36. The van der Waals surface area contributed by atoms with Crippen LogP contribution >= 0.6 is 35.3 Å². The summed E-state index contributed by atoms with van der Waals surface area (Å²) in [4.78, 5) is 20.3. The molecular weight excluding hydrogens is 413 g/mol. The van der Waals surface area contributed by atoms with Gasteiger partial charge in [0.05, 0.1) is 23.8 Å². The van der Waals surface area contributed by atoms with Crippen LogP contribution in [-0.4, -0.2) is 36.0 Å². The molecule has 0 aromatic carbocycles. The summed E-state index contributed by atoms with van der Waals surface area (Å²) >= 11 is 1.66. The molecule has 0 aliphatic heterocycles. The fourth-order valence-electron chi connectivity index (χ4n) is 1.61. The predicted molar refractivity (Wildman–Crippen MR) is 103 cm³/mol. The first-order valence-electron chi connectivity index (χ1n) is 7.03. The number of aromatic nitrogens is 1. The zero-order chi connectivity index (χ0) is 15.9. The first-order chi connectivity index (χ1) is 9.84. The maximum atomic E-state index is 11.7. The van der Waals surface area contributed by atoms with Crippen molar-refractivity contribution >= 4 is 47.2 Å². The van der Waals surface area contributed by atoms with Gasteiger partial charge in [0, 0.05) is 18.0 Å². The minimum atomic E-state index is -0.229. The highest BCUT2D eigenvalue weighted by molar-refractivity contribution is 14.0. The van der Waals surface area contributed by atoms with Crippen LogP contribution in [0.1, 0.15) is 38.4 Å². The average Bonchev–Trinajstić information content (AvgIpc) is 2.85. The van der Waals surface area contributed by atoms with E-state index in [9.17, 15) is 4.79 Å². The van der Waals surface area contributed by atoms with Crippen molar-refractivity contribution in [2.24, 2.45) is 4.99 Å². The van der Waals surface area contributed by atoms with Crippen molar-refractivity contribution in [2.75, 3.05) is 13.6 Å². The van der Waals surface area contributed by atoms with Crippen molar-refractivity contribution < 1.29 is 4.79 Å². The molecule has 6 nitrogen and oxygen atoms in total. The van der Waals surface area contributed by atoms with Crippen molar-refractivity contribution in [2.45, 2.75) is 46.2 Å². The second-order valence-corrected chi connectivity index (χ2v) is 6.61. The van der Waals surface area contributed by atoms with Crippen LogP contribution in [0.25, 0.3) is 0 Å². The zero-order valence-electron chi connectivity index (χ0n) is 13.8. The summed E-state index contributed by atoms with van der Waals surface area (Å²) in [5, 5.41) is 12.2. The Hall–Kier alpha value is -0.900. The third-order valence-corrected chi connectivity index (χ3v) is 3.54. The summed E-state index contributed by atoms with van der Waals surface area (Å²) in [7, 11) is 1.68. The molecule has 22 heavy (non-hydrogen) atoms. The van der Waals surface area contributed by atoms with E-state index in [1.165, 1.54) is 0 Å². The third-order valence-electron chi connectivity index (χ3n) is 2.49. The molecule has 1 rings (SSSR count). The number of carbonyl (C=O) groups excluding carboxylic acids is 1. The highest BCUT2D eigenvalue weighted by Gasteiger charge is 2.13. The largest absolute Gasteiger partial charge is 0.351 e. The van der Waals surface area contributed by atoms with Crippen LogP contribution in [0.4, 0.5) is 0 Å². The van der Waals surface area contributed by atoms with Gasteiger partial charge in [0.15, 0.2) is 5.96 Å². The van der Waals surface area contributed by atoms with Crippen molar-refractivity contribution in [3.63, 3.8) is 0 Å². The maximum Gasteiger partial charge on any atom is 0.239 e. The summed E-state index contributed by atoms with van der Waals surface area (Å²) < 4.78 is 0. The number of carbonyl (C=O) groups is 1. The molecular formula is C14H26IN5OS. The number of guanidine groups is 1. The van der Waals surface area contributed by atoms with Gasteiger partial charge in [-0.3, -0.25) is 9.79 Å². The normalized spacial score (nSPS) is 11.6. The average molecular weight is 439 g/mol. The van der Waals surface area contributed by atoms with Crippen LogP contribution in [-0.2, 0) is 17.8 Å². The van der Waals surface area contributed by atoms with Gasteiger partial charge in [-0.05, 0) is 27.2 Å². The van der Waals surface area contributed by atoms with Crippen molar-refractivity contribution in [1.29, 1.82) is 0 Å². The van der Waals surface area contributed by atoms with Crippen LogP contribution < -0.4 is 16.0 Å². The molecule has 0 radical (unpaired) electrons. The van der Waals surface area contributed by atoms with E-state index in [-0.39, 0.29) is 42.0 Å². The number of nitrogens with one attached hydrogen (secondary N) is 3. The van der Waals surface area contributed by atoms with E-state index in [0.717, 1.165) is 17.1 Å². The van der Waals surface area contributed by atoms with E-state index in [4.69, 9.17) is 0 Å². The van der Waals surface area contributed by atoms with Crippen LogP contribution in [0.3, 0.4) is 0 Å². The van der Waals surface area contributed by atoms with E-state index in [1.807, 2.05) is 26.2 Å². The lowest BCUT2D eigenvalue weighted by molar-refractivity contribution is -0.121. The second-order valence-electron chi connectivity index (χ2n) is 5.66. The van der Waals surface area contributed by atoms with E-state index in [0.29, 0.717) is 12.5 Å². The van der Waals surface area contributed by atoms with Gasteiger partial charge >= 0.3 is 0 Å². The van der Waals surface area contributed by atoms with Gasteiger partial charge in [-0.25, -0.2) is 4.98 Å². The summed E-state index contributed by atoms with van der Waals surface area (Å²) in [6.07, 6.45) is 0.949. The number of thiazole rings is 1. The van der Waals surface area contributed by atoms with Crippen molar-refractivity contribution in [3.8, 4) is 0 Å². The number of rotatable bonds is 5. The highest BCUT2D eigenvalue weighted by atomic mass is 127. The van der Waals surface area contributed by atoms with Gasteiger partial charge in [0.25, 0.3) is 0 Å². The number of aryl methyl sites for hydroxylation is 1. The molecule has 0 bridgehead atoms. The Labute approximate surface area is 153 Å². The summed E-state index contributed by atoms with van der Waals surface area (Å²) in [6.45, 7) is 8.72. The topological polar surface area (TPSA) is 78.4 Å². The predicted octanol–water partition coefficient (Wildman–Crippen LogP) is 1.90. The lowest BCUT2D eigenvalue weighted by Crippen LogP contribution is -2.48. The van der Waals surface area contributed by atoms with E-state index < -0.39 is 0 Å². The van der Waals surface area contributed by atoms with Gasteiger partial charge in [-0.2, -0.15) is 0 Å². The molecule has 1 amide bonds. The Morgan fingerprint density at radius 1 is 1.36 bits per heavy atom. The van der Waals surface area contributed by atoms with Crippen LogP contribution in [0, 0.1) is 0 Å². The Morgan fingerprint density at radius 3 is 2.55 bits per heavy atom. The molecule has 8 heteroatoms. The van der Waals surface area contributed by atoms with Gasteiger partial charge < -0.3 is 16.0 Å². The molecule has 1 aromatic heterocycles. The second kappa shape index (κ2) is 9.98. The minimum Gasteiger partial charge on any atom is -0.351 e. The van der Waals surface area contributed by atoms with Gasteiger partial charge in [0.2, 0.25) is 5.91 Å². The van der Waals surface area contributed by atoms with Crippen LogP contribution in [0.15, 0.2) is 10.4 Å². The van der Waals surface area contributed by atoms with Crippen LogP contribution in [0.2, 0.25) is 0 Å². The first-order valence-corrected chi connectivity index (χ1v) is 7.91. The summed E-state index contributed by atoms with van der Waals surface area (Å²) in [6, 6.07) is 0. The lowest BCUT2D eigenvalue weighted by Gasteiger charge is -2.21. The maximum absolute atomic E-state index is 11.7. The number of aliphatic imine (C=N–C) groups is 1. The highest BCUT2D eigenvalue weighted by Crippen LogP contribution is 2.09. The van der Waals surface area contributed by atoms with Crippen molar-refractivity contribution in [3.05, 3.63) is 16.1 Å². The lowest BCUT2D eigenvalue weighted by atomic mass is 10.1. The number of nitrogens with zero attached hydrogens (tertiary/aromatic N) is 2. The molecule has 3 N–H and O–H groups in total. The van der Waals surface area contributed by atoms with Gasteiger partial charge in [0.1, 0.15) is 0 Å². The SMILES string of the molecule is CCc1nc(CNC(=NC)NCC(=O)NC(C)(C)C)cs1.I. The molecule has 0 saturated heterocycles. The fraction of sp³-hybridized carbons (Fsp3) is 0.643. The van der Waals surface area contributed by atoms with Gasteiger partial charge in [-0.15, -0.1) is 35.3 Å². The summed E-state index contributed by atoms with van der Waals surface area (Å²) in [5.74, 6) is 0.525. The Bertz CT molecular complexity index is 496. The molecule has 126 valence electrons. The molecule has 1 heterocycles. The number of hydrogen-bond donors (Lipinski definition) is 3. The Balaban J connectivity index is 0.00000441. The quantitative estimate of drug-likeness (QED) is 0.372. The number of halogens is 1. The zero-order valence-corrected chi connectivity index (χ0v) is 17.0. The molecule has 0 saturated carbocycles. The molecule has 1 aromatic rings. The molecule has 0 aliphatic rings. The summed E-state index contributed by atoms with van der Waals surface area (Å²) in [5.41, 5.74) is 0.756. The van der Waals surface area contributed by atoms with E-state index >= 15 is 0 Å². The standard InChI is InChI=1S/C14H25N5OS.HI/c1-6-12-18-10(9-21-12)7-16-13(15-5)17-8-11(20)19-14(2,3)4;/h9H,6-8H2,1-5H3,(H,19,20)(H2,15,16,17);1H. The smallest absolute Gasteiger partial charge is 0.239 e.